The molecule has 130 valence electrons. The smallest absolute Gasteiger partial charge is 0.315 e. The van der Waals surface area contributed by atoms with Crippen LogP contribution in [-0.4, -0.2) is 24.3 Å². The average Bonchev–Trinajstić information content (AvgIpc) is 3.17. The van der Waals surface area contributed by atoms with E-state index in [0.29, 0.717) is 19.6 Å². The first-order valence-electron chi connectivity index (χ1n) is 8.81. The molecule has 0 unspecified atom stereocenters. The average molecular weight is 337 g/mol. The van der Waals surface area contributed by atoms with Crippen molar-refractivity contribution in [1.29, 1.82) is 0 Å². The van der Waals surface area contributed by atoms with E-state index >= 15 is 0 Å². The number of nitrogens with zero attached hydrogens (tertiary/aromatic N) is 1. The molecule has 0 radical (unpaired) electrons. The second kappa shape index (κ2) is 6.08. The van der Waals surface area contributed by atoms with E-state index in [4.69, 9.17) is 5.73 Å². The molecule has 4 rings (SSSR count). The summed E-state index contributed by atoms with van der Waals surface area (Å²) in [6.45, 7) is 1.21. The number of carbonyl (C=O) groups is 1. The van der Waals surface area contributed by atoms with Gasteiger partial charge in [0.25, 0.3) is 0 Å². The molecule has 0 saturated heterocycles. The zero-order valence-corrected chi connectivity index (χ0v) is 14.1. The van der Waals surface area contributed by atoms with E-state index in [1.54, 1.807) is 0 Å². The Hall–Kier alpha value is -2.53. The van der Waals surface area contributed by atoms with Gasteiger partial charge in [0.15, 0.2) is 0 Å². The molecular weight excluding hydrogens is 314 g/mol. The molecule has 2 aliphatic rings. The van der Waals surface area contributed by atoms with Gasteiger partial charge < -0.3 is 21.1 Å². The highest BCUT2D eigenvalue weighted by molar-refractivity contribution is 5.95. The lowest BCUT2D eigenvalue weighted by molar-refractivity contribution is -0.142. The standard InChI is InChI=1S/C20H23N3O2/c21-10-4-7-15-11-20(15,19(24)25)18-12-23(13-22-18)17-9-3-6-14-5-1-2-8-16(14)17/h1-3,5-6,8-9,12,15,22H,4,7,10-11,13,21H2,(H,24,25)/t15-,20+/m0/s1. The van der Waals surface area contributed by atoms with E-state index in [0.717, 1.165) is 24.2 Å². The monoisotopic (exact) mass is 337 g/mol. The summed E-state index contributed by atoms with van der Waals surface area (Å²) in [6, 6.07) is 14.5. The van der Waals surface area contributed by atoms with Crippen molar-refractivity contribution in [2.24, 2.45) is 17.1 Å². The highest BCUT2D eigenvalue weighted by Gasteiger charge is 2.63. The van der Waals surface area contributed by atoms with Gasteiger partial charge in [-0.05, 0) is 43.2 Å². The van der Waals surface area contributed by atoms with Crippen molar-refractivity contribution in [2.45, 2.75) is 19.3 Å². The minimum Gasteiger partial charge on any atom is -0.481 e. The first-order chi connectivity index (χ1) is 12.2. The molecule has 0 amide bonds. The predicted octanol–water partition coefficient (Wildman–Crippen LogP) is 2.88. The topological polar surface area (TPSA) is 78.6 Å². The van der Waals surface area contributed by atoms with Gasteiger partial charge in [-0.15, -0.1) is 0 Å². The first kappa shape index (κ1) is 16.0. The van der Waals surface area contributed by atoms with Crippen LogP contribution >= 0.6 is 0 Å². The van der Waals surface area contributed by atoms with Gasteiger partial charge in [-0.1, -0.05) is 36.4 Å². The number of benzene rings is 2. The molecule has 4 N–H and O–H groups in total. The number of anilines is 1. The lowest BCUT2D eigenvalue weighted by Crippen LogP contribution is -2.28. The van der Waals surface area contributed by atoms with E-state index in [9.17, 15) is 9.90 Å². The number of carboxylic acids is 1. The fourth-order valence-electron chi connectivity index (χ4n) is 4.05. The van der Waals surface area contributed by atoms with Crippen LogP contribution in [0, 0.1) is 11.3 Å². The molecule has 2 atom stereocenters. The summed E-state index contributed by atoms with van der Waals surface area (Å²) >= 11 is 0. The van der Waals surface area contributed by atoms with Gasteiger partial charge >= 0.3 is 5.97 Å². The Morgan fingerprint density at radius 1 is 1.28 bits per heavy atom. The number of hydrogen-bond donors (Lipinski definition) is 3. The Morgan fingerprint density at radius 2 is 2.08 bits per heavy atom. The number of fused-ring (bicyclic) bond motifs is 1. The number of aliphatic carboxylic acids is 1. The van der Waals surface area contributed by atoms with E-state index in [2.05, 4.69) is 34.5 Å². The van der Waals surface area contributed by atoms with Gasteiger partial charge in [0.2, 0.25) is 0 Å². The predicted molar refractivity (Wildman–Crippen MR) is 99.0 cm³/mol. The van der Waals surface area contributed by atoms with Crippen molar-refractivity contribution < 1.29 is 9.90 Å². The van der Waals surface area contributed by atoms with Crippen molar-refractivity contribution in [2.75, 3.05) is 18.1 Å². The molecule has 5 nitrogen and oxygen atoms in total. The molecular formula is C20H23N3O2. The zero-order valence-electron chi connectivity index (χ0n) is 14.1. The summed E-state index contributed by atoms with van der Waals surface area (Å²) in [6.07, 6.45) is 4.43. The number of nitrogens with two attached hydrogens (primary N) is 1. The summed E-state index contributed by atoms with van der Waals surface area (Å²) < 4.78 is 0. The molecule has 2 aromatic carbocycles. The van der Waals surface area contributed by atoms with Crippen molar-refractivity contribution in [3.05, 3.63) is 54.4 Å². The second-order valence-electron chi connectivity index (χ2n) is 6.95. The van der Waals surface area contributed by atoms with Crippen LogP contribution in [0.3, 0.4) is 0 Å². The van der Waals surface area contributed by atoms with Crippen LogP contribution in [0.1, 0.15) is 19.3 Å². The third kappa shape index (κ3) is 2.55. The summed E-state index contributed by atoms with van der Waals surface area (Å²) in [5, 5.41) is 15.5. The summed E-state index contributed by atoms with van der Waals surface area (Å²) in [5.74, 6) is -0.548. The Kier molecular flexibility index (Phi) is 3.88. The highest BCUT2D eigenvalue weighted by Crippen LogP contribution is 2.60. The largest absolute Gasteiger partial charge is 0.481 e. The number of nitrogens with one attached hydrogen (secondary N) is 1. The lowest BCUT2D eigenvalue weighted by atomic mass is 9.97. The van der Waals surface area contributed by atoms with E-state index in [1.165, 1.54) is 10.8 Å². The molecule has 1 heterocycles. The van der Waals surface area contributed by atoms with Gasteiger partial charge in [0.1, 0.15) is 5.41 Å². The molecule has 1 fully saturated rings. The van der Waals surface area contributed by atoms with Gasteiger partial charge in [-0.25, -0.2) is 0 Å². The third-order valence-corrected chi connectivity index (χ3v) is 5.52. The molecule has 1 saturated carbocycles. The fourth-order valence-corrected chi connectivity index (χ4v) is 4.05. The van der Waals surface area contributed by atoms with E-state index in [-0.39, 0.29) is 5.92 Å². The van der Waals surface area contributed by atoms with Crippen molar-refractivity contribution in [3.8, 4) is 0 Å². The Balaban J connectivity index is 1.65. The van der Waals surface area contributed by atoms with Crippen molar-refractivity contribution >= 4 is 22.4 Å². The number of carboxylic acid groups (broad SMARTS) is 1. The molecule has 1 aliphatic heterocycles. The van der Waals surface area contributed by atoms with Crippen LogP contribution in [0.4, 0.5) is 5.69 Å². The quantitative estimate of drug-likeness (QED) is 0.755. The highest BCUT2D eigenvalue weighted by atomic mass is 16.4. The normalized spacial score (nSPS) is 24.9. The van der Waals surface area contributed by atoms with E-state index < -0.39 is 11.4 Å². The minimum atomic E-state index is -0.755. The number of hydrogen-bond acceptors (Lipinski definition) is 4. The third-order valence-electron chi connectivity index (χ3n) is 5.52. The Labute approximate surface area is 147 Å². The maximum Gasteiger partial charge on any atom is 0.315 e. The maximum absolute atomic E-state index is 12.0. The minimum absolute atomic E-state index is 0.180. The zero-order chi connectivity index (χ0) is 17.4. The fraction of sp³-hybridized carbons (Fsp3) is 0.350. The van der Waals surface area contributed by atoms with Gasteiger partial charge in [0.05, 0.1) is 12.4 Å². The van der Waals surface area contributed by atoms with Crippen LogP contribution in [-0.2, 0) is 4.79 Å². The summed E-state index contributed by atoms with van der Waals surface area (Å²) in [4.78, 5) is 14.1. The Bertz CT molecular complexity index is 842. The lowest BCUT2D eigenvalue weighted by Gasteiger charge is -2.17. The maximum atomic E-state index is 12.0. The molecule has 1 aliphatic carbocycles. The summed E-state index contributed by atoms with van der Waals surface area (Å²) in [7, 11) is 0. The second-order valence-corrected chi connectivity index (χ2v) is 6.95. The van der Waals surface area contributed by atoms with Crippen LogP contribution in [0.25, 0.3) is 10.8 Å². The molecule has 0 bridgehead atoms. The van der Waals surface area contributed by atoms with Gasteiger partial charge in [-0.3, -0.25) is 4.79 Å². The van der Waals surface area contributed by atoms with Crippen LogP contribution in [0.2, 0.25) is 0 Å². The van der Waals surface area contributed by atoms with Gasteiger partial charge in [0, 0.05) is 17.3 Å². The van der Waals surface area contributed by atoms with Crippen LogP contribution in [0.15, 0.2) is 54.4 Å². The van der Waals surface area contributed by atoms with E-state index in [1.807, 2.05) is 24.4 Å². The molecule has 25 heavy (non-hydrogen) atoms. The molecule has 0 spiro atoms. The van der Waals surface area contributed by atoms with Crippen molar-refractivity contribution in [3.63, 3.8) is 0 Å². The van der Waals surface area contributed by atoms with Crippen LogP contribution in [0.5, 0.6) is 0 Å². The SMILES string of the molecule is NCCC[C@H]1C[C@]1(C(=O)O)C1=CN(c2cccc3ccccc23)CN1. The Morgan fingerprint density at radius 3 is 2.88 bits per heavy atom. The molecule has 2 aromatic rings. The summed E-state index contributed by atoms with van der Waals surface area (Å²) in [5.41, 5.74) is 6.76. The van der Waals surface area contributed by atoms with Crippen LogP contribution < -0.4 is 16.0 Å². The molecule has 5 heteroatoms. The van der Waals surface area contributed by atoms with Crippen molar-refractivity contribution in [1.82, 2.24) is 5.32 Å². The van der Waals surface area contributed by atoms with Gasteiger partial charge in [-0.2, -0.15) is 0 Å². The first-order valence-corrected chi connectivity index (χ1v) is 8.81. The number of rotatable bonds is 6. The molecule has 0 aromatic heterocycles.